The molecule has 0 atom stereocenters. The zero-order valence-corrected chi connectivity index (χ0v) is 18.2. The summed E-state index contributed by atoms with van der Waals surface area (Å²) in [5, 5.41) is 12.7. The van der Waals surface area contributed by atoms with Crippen LogP contribution in [0.5, 0.6) is 0 Å². The van der Waals surface area contributed by atoms with Crippen LogP contribution in [0.4, 0.5) is 0 Å². The van der Waals surface area contributed by atoms with Gasteiger partial charge in [-0.05, 0) is 46.8 Å². The minimum absolute atomic E-state index is 0.784. The second kappa shape index (κ2) is 15.4. The highest BCUT2D eigenvalue weighted by Crippen LogP contribution is 1.95. The van der Waals surface area contributed by atoms with Gasteiger partial charge in [-0.2, -0.15) is 10.2 Å². The van der Waals surface area contributed by atoms with E-state index in [2.05, 4.69) is 57.3 Å². The van der Waals surface area contributed by atoms with E-state index >= 15 is 0 Å². The predicted octanol–water partition coefficient (Wildman–Crippen LogP) is 2.83. The molecule has 5 rings (SSSR count). The van der Waals surface area contributed by atoms with Crippen molar-refractivity contribution >= 4 is 30.3 Å². The van der Waals surface area contributed by atoms with Gasteiger partial charge in [0.25, 0.3) is 0 Å². The number of aromatic amines is 2. The van der Waals surface area contributed by atoms with Gasteiger partial charge >= 0.3 is 0 Å². The van der Waals surface area contributed by atoms with Crippen molar-refractivity contribution in [1.82, 2.24) is 25.4 Å². The van der Waals surface area contributed by atoms with Crippen LogP contribution in [0.15, 0.2) is 55.2 Å². The molecule has 0 saturated carbocycles. The lowest BCUT2D eigenvalue weighted by molar-refractivity contribution is 1.04. The zero-order chi connectivity index (χ0) is 22.0. The molecule has 0 unspecified atom stereocenters. The molecular formula is C20H30N10. The van der Waals surface area contributed by atoms with E-state index in [1.54, 1.807) is 18.7 Å². The van der Waals surface area contributed by atoms with E-state index in [0.717, 1.165) is 42.7 Å². The van der Waals surface area contributed by atoms with E-state index in [-0.39, 0.29) is 0 Å². The van der Waals surface area contributed by atoms with Crippen molar-refractivity contribution in [3.05, 3.63) is 41.8 Å². The summed E-state index contributed by atoms with van der Waals surface area (Å²) in [6.45, 7) is 12.3. The van der Waals surface area contributed by atoms with E-state index in [1.807, 2.05) is 46.1 Å². The van der Waals surface area contributed by atoms with Crippen molar-refractivity contribution in [3.8, 4) is 0 Å². The van der Waals surface area contributed by atoms with Crippen LogP contribution in [0, 0.1) is 13.8 Å². The third-order valence-corrected chi connectivity index (χ3v) is 3.34. The fraction of sp³-hybridized carbons (Fsp3) is 0.400. The average Bonchev–Trinajstić information content (AvgIpc) is 3.50. The van der Waals surface area contributed by atoms with E-state index in [1.165, 1.54) is 11.9 Å². The minimum atomic E-state index is 0.784. The highest BCUT2D eigenvalue weighted by atomic mass is 15.2. The Kier molecular flexibility index (Phi) is 12.5. The summed E-state index contributed by atoms with van der Waals surface area (Å²) in [4.78, 5) is 23.2. The molecule has 0 aromatic carbocycles. The molecule has 10 heteroatoms. The monoisotopic (exact) mass is 410 g/mol. The fourth-order valence-electron chi connectivity index (χ4n) is 1.76. The van der Waals surface area contributed by atoms with Crippen LogP contribution in [-0.4, -0.2) is 75.3 Å². The smallest absolute Gasteiger partial charge is 0.137 e. The van der Waals surface area contributed by atoms with Gasteiger partial charge in [0.1, 0.15) is 24.3 Å². The highest BCUT2D eigenvalue weighted by Gasteiger charge is 1.89. The Labute approximate surface area is 177 Å². The standard InChI is InChI=1S/C5H7N.3C4H6N2.C3H5N3/c1-5-2-3-6-4-5;1-4-2-5-3-6-4;1-4-5-2-3-6-4;1-4-2-3-5-6-4;1-3-4-2-5-6-3/h2-3H,4H2,1H3;3H,2H2,1H3;2H,3H2,1H3;2-3H,1H3,(H,5,6);2H,1H3,(H,4,5,6). The van der Waals surface area contributed by atoms with E-state index in [0.29, 0.717) is 0 Å². The van der Waals surface area contributed by atoms with Crippen LogP contribution in [0.1, 0.15) is 32.3 Å². The van der Waals surface area contributed by atoms with Crippen LogP contribution >= 0.6 is 0 Å². The van der Waals surface area contributed by atoms with Crippen LogP contribution in [-0.2, 0) is 0 Å². The molecule has 0 fully saturated rings. The Morgan fingerprint density at radius 3 is 1.93 bits per heavy atom. The average molecular weight is 411 g/mol. The molecule has 2 N–H and O–H groups in total. The van der Waals surface area contributed by atoms with Gasteiger partial charge in [-0.15, -0.1) is 0 Å². The van der Waals surface area contributed by atoms with Crippen molar-refractivity contribution in [1.29, 1.82) is 0 Å². The predicted molar refractivity (Wildman–Crippen MR) is 124 cm³/mol. The summed E-state index contributed by atoms with van der Waals surface area (Å²) >= 11 is 0. The number of amidine groups is 1. The van der Waals surface area contributed by atoms with Gasteiger partial charge in [-0.3, -0.25) is 25.2 Å². The molecule has 3 aliphatic heterocycles. The molecule has 0 aliphatic carbocycles. The van der Waals surface area contributed by atoms with Gasteiger partial charge in [0.05, 0.1) is 19.6 Å². The van der Waals surface area contributed by atoms with Crippen molar-refractivity contribution in [2.24, 2.45) is 25.0 Å². The lowest BCUT2D eigenvalue weighted by Gasteiger charge is -1.77. The third-order valence-electron chi connectivity index (χ3n) is 3.34. The van der Waals surface area contributed by atoms with Crippen LogP contribution in [0.3, 0.4) is 0 Å². The fourth-order valence-corrected chi connectivity index (χ4v) is 1.76. The Morgan fingerprint density at radius 1 is 0.933 bits per heavy atom. The number of hydrogen-bond donors (Lipinski definition) is 2. The Hall–Kier alpha value is -3.56. The summed E-state index contributed by atoms with van der Waals surface area (Å²) in [7, 11) is 0. The maximum atomic E-state index is 3.95. The lowest BCUT2D eigenvalue weighted by Crippen LogP contribution is -1.87. The summed E-state index contributed by atoms with van der Waals surface area (Å²) in [6, 6.07) is 1.92. The number of H-pyrrole nitrogens is 2. The second-order valence-corrected chi connectivity index (χ2v) is 6.33. The van der Waals surface area contributed by atoms with E-state index in [4.69, 9.17) is 0 Å². The molecule has 0 saturated heterocycles. The summed E-state index contributed by atoms with van der Waals surface area (Å²) < 4.78 is 0. The zero-order valence-electron chi connectivity index (χ0n) is 18.2. The largest absolute Gasteiger partial charge is 0.289 e. The van der Waals surface area contributed by atoms with Gasteiger partial charge in [0.2, 0.25) is 0 Å². The van der Waals surface area contributed by atoms with E-state index < -0.39 is 0 Å². The summed E-state index contributed by atoms with van der Waals surface area (Å²) in [5.41, 5.74) is 3.57. The SMILES string of the molecule is CC1=CC=NC1.CC1=NC=NC1.CC1=NCC=N1.Cc1ccn[nH]1.Cc1ncn[nH]1. The molecule has 0 amide bonds. The number of aliphatic imine (C=N–C) groups is 5. The first-order valence-corrected chi connectivity index (χ1v) is 9.46. The first kappa shape index (κ1) is 24.5. The quantitative estimate of drug-likeness (QED) is 0.692. The second-order valence-electron chi connectivity index (χ2n) is 6.33. The molecular weight excluding hydrogens is 380 g/mol. The van der Waals surface area contributed by atoms with Crippen molar-refractivity contribution in [2.45, 2.75) is 34.6 Å². The number of aromatic nitrogens is 5. The molecule has 10 nitrogen and oxygen atoms in total. The molecule has 3 aliphatic rings. The number of nitrogens with one attached hydrogen (secondary N) is 2. The molecule has 30 heavy (non-hydrogen) atoms. The molecule has 0 radical (unpaired) electrons. The van der Waals surface area contributed by atoms with Crippen LogP contribution in [0.2, 0.25) is 0 Å². The molecule has 2 aromatic heterocycles. The van der Waals surface area contributed by atoms with Gasteiger partial charge < -0.3 is 0 Å². The maximum absolute atomic E-state index is 3.95. The lowest BCUT2D eigenvalue weighted by atomic mass is 10.3. The summed E-state index contributed by atoms with van der Waals surface area (Å²) in [5.74, 6) is 1.75. The Balaban J connectivity index is 0.000000187. The van der Waals surface area contributed by atoms with Gasteiger partial charge in [-0.1, -0.05) is 5.57 Å². The number of nitrogens with zero attached hydrogens (tertiary/aromatic N) is 8. The van der Waals surface area contributed by atoms with Gasteiger partial charge in [0, 0.05) is 30.0 Å². The topological polar surface area (TPSA) is 132 Å². The van der Waals surface area contributed by atoms with Crippen LogP contribution < -0.4 is 0 Å². The molecule has 0 bridgehead atoms. The molecule has 2 aromatic rings. The molecule has 160 valence electrons. The van der Waals surface area contributed by atoms with Gasteiger partial charge in [-0.25, -0.2) is 15.0 Å². The Bertz CT molecular complexity index is 806. The third kappa shape index (κ3) is 13.6. The van der Waals surface area contributed by atoms with Crippen molar-refractivity contribution < 1.29 is 0 Å². The van der Waals surface area contributed by atoms with E-state index in [9.17, 15) is 0 Å². The highest BCUT2D eigenvalue weighted by molar-refractivity contribution is 5.94. The number of rotatable bonds is 0. The minimum Gasteiger partial charge on any atom is -0.289 e. The van der Waals surface area contributed by atoms with Gasteiger partial charge in [0.15, 0.2) is 0 Å². The normalized spacial score (nSPS) is 14.6. The van der Waals surface area contributed by atoms with Crippen molar-refractivity contribution in [2.75, 3.05) is 19.6 Å². The first-order chi connectivity index (χ1) is 14.5. The molecule has 5 heterocycles. The van der Waals surface area contributed by atoms with Crippen LogP contribution in [0.25, 0.3) is 0 Å². The first-order valence-electron chi connectivity index (χ1n) is 9.46. The number of allylic oxidation sites excluding steroid dienone is 1. The summed E-state index contributed by atoms with van der Waals surface area (Å²) in [6.07, 6.45) is 10.5. The number of aryl methyl sites for hydroxylation is 2. The number of hydrogen-bond acceptors (Lipinski definition) is 8. The Morgan fingerprint density at radius 2 is 1.77 bits per heavy atom. The molecule has 0 spiro atoms. The maximum Gasteiger partial charge on any atom is 0.137 e. The van der Waals surface area contributed by atoms with Crippen molar-refractivity contribution in [3.63, 3.8) is 0 Å².